The average molecular weight is 298 g/mol. The molecule has 1 aliphatic rings. The van der Waals surface area contributed by atoms with Crippen molar-refractivity contribution in [3.8, 4) is 0 Å². The molecule has 1 heterocycles. The monoisotopic (exact) mass is 297 g/mol. The Morgan fingerprint density at radius 3 is 2.55 bits per heavy atom. The van der Waals surface area contributed by atoms with Crippen LogP contribution in [0.15, 0.2) is 24.3 Å². The Morgan fingerprint density at radius 2 is 2.00 bits per heavy atom. The minimum Gasteiger partial charge on any atom is -0.467 e. The number of hydrogen-bond acceptors (Lipinski definition) is 4. The molecule has 1 N–H and O–H groups in total. The summed E-state index contributed by atoms with van der Waals surface area (Å²) in [6.07, 6.45) is 1.13. The van der Waals surface area contributed by atoms with E-state index in [0.717, 1.165) is 5.69 Å². The second-order valence-electron chi connectivity index (χ2n) is 5.74. The van der Waals surface area contributed by atoms with Crippen molar-refractivity contribution < 1.29 is 14.3 Å². The van der Waals surface area contributed by atoms with Crippen LogP contribution in [-0.2, 0) is 14.3 Å². The molecule has 1 aromatic carbocycles. The number of carbonyl (C=O) groups is 1. The van der Waals surface area contributed by atoms with Crippen LogP contribution in [0, 0.1) is 0 Å². The van der Waals surface area contributed by atoms with Crippen molar-refractivity contribution in [2.75, 3.05) is 19.0 Å². The normalized spacial score (nSPS) is 25.0. The summed E-state index contributed by atoms with van der Waals surface area (Å²) in [5.74, 6) is -0.260. The average Bonchev–Trinajstić information content (AvgIpc) is 2.39. The molecule has 0 bridgehead atoms. The largest absolute Gasteiger partial charge is 0.467 e. The predicted molar refractivity (Wildman–Crippen MR) is 79.1 cm³/mol. The summed E-state index contributed by atoms with van der Waals surface area (Å²) in [5, 5.41) is 3.98. The highest BCUT2D eigenvalue weighted by atomic mass is 35.5. The van der Waals surface area contributed by atoms with Gasteiger partial charge in [0.25, 0.3) is 0 Å². The Hall–Kier alpha value is -1.26. The molecule has 1 aliphatic heterocycles. The van der Waals surface area contributed by atoms with Crippen molar-refractivity contribution in [2.45, 2.75) is 37.8 Å². The lowest BCUT2D eigenvalue weighted by Gasteiger charge is -2.43. The molecular formula is C15H20ClNO3. The third kappa shape index (κ3) is 3.25. The maximum absolute atomic E-state index is 12.3. The molecule has 0 amide bonds. The fraction of sp³-hybridized carbons (Fsp3) is 0.533. The lowest BCUT2D eigenvalue weighted by atomic mass is 9.81. The number of methoxy groups -OCH3 is 1. The van der Waals surface area contributed by atoms with Gasteiger partial charge < -0.3 is 14.8 Å². The van der Waals surface area contributed by atoms with Gasteiger partial charge >= 0.3 is 5.97 Å². The number of halogens is 1. The molecule has 1 unspecified atom stereocenters. The van der Waals surface area contributed by atoms with Gasteiger partial charge in [-0.1, -0.05) is 11.6 Å². The van der Waals surface area contributed by atoms with Gasteiger partial charge in [-0.25, -0.2) is 4.79 Å². The Kier molecular flexibility index (Phi) is 4.25. The number of carbonyl (C=O) groups excluding carboxylic acids is 1. The lowest BCUT2D eigenvalue weighted by Crippen LogP contribution is -2.56. The number of benzene rings is 1. The topological polar surface area (TPSA) is 47.6 Å². The molecule has 1 aromatic rings. The first-order chi connectivity index (χ1) is 9.37. The summed E-state index contributed by atoms with van der Waals surface area (Å²) >= 11 is 5.88. The molecule has 1 fully saturated rings. The molecule has 0 saturated carbocycles. The van der Waals surface area contributed by atoms with E-state index >= 15 is 0 Å². The fourth-order valence-electron chi connectivity index (χ4n) is 2.70. The van der Waals surface area contributed by atoms with E-state index in [1.165, 1.54) is 7.11 Å². The number of hydrogen-bond donors (Lipinski definition) is 1. The molecule has 1 atom stereocenters. The molecule has 0 aromatic heterocycles. The van der Waals surface area contributed by atoms with Crippen molar-refractivity contribution >= 4 is 23.3 Å². The van der Waals surface area contributed by atoms with Crippen molar-refractivity contribution in [3.63, 3.8) is 0 Å². The molecule has 20 heavy (non-hydrogen) atoms. The highest BCUT2D eigenvalue weighted by Crippen LogP contribution is 2.35. The number of nitrogens with one attached hydrogen (secondary N) is 1. The summed E-state index contributed by atoms with van der Waals surface area (Å²) < 4.78 is 10.7. The van der Waals surface area contributed by atoms with E-state index < -0.39 is 5.54 Å². The van der Waals surface area contributed by atoms with Gasteiger partial charge in [0.2, 0.25) is 0 Å². The van der Waals surface area contributed by atoms with Gasteiger partial charge in [0, 0.05) is 23.6 Å². The third-order valence-corrected chi connectivity index (χ3v) is 3.81. The summed E-state index contributed by atoms with van der Waals surface area (Å²) in [6.45, 7) is 4.48. The fourth-order valence-corrected chi connectivity index (χ4v) is 2.83. The third-order valence-electron chi connectivity index (χ3n) is 3.55. The zero-order valence-corrected chi connectivity index (χ0v) is 12.8. The van der Waals surface area contributed by atoms with Crippen molar-refractivity contribution in [1.29, 1.82) is 0 Å². The van der Waals surface area contributed by atoms with E-state index in [9.17, 15) is 4.79 Å². The molecule has 0 radical (unpaired) electrons. The van der Waals surface area contributed by atoms with E-state index in [1.807, 2.05) is 26.0 Å². The molecule has 2 rings (SSSR count). The smallest absolute Gasteiger partial charge is 0.331 e. The zero-order chi connectivity index (χ0) is 14.8. The quantitative estimate of drug-likeness (QED) is 0.870. The molecule has 5 heteroatoms. The minimum atomic E-state index is -0.760. The van der Waals surface area contributed by atoms with Crippen LogP contribution in [-0.4, -0.2) is 30.8 Å². The van der Waals surface area contributed by atoms with E-state index in [1.54, 1.807) is 12.1 Å². The molecule has 0 aliphatic carbocycles. The van der Waals surface area contributed by atoms with Gasteiger partial charge in [-0.15, -0.1) is 0 Å². The summed E-state index contributed by atoms with van der Waals surface area (Å²) in [4.78, 5) is 12.3. The second kappa shape index (κ2) is 5.62. The van der Waals surface area contributed by atoms with Crippen LogP contribution in [0.2, 0.25) is 5.02 Å². The maximum Gasteiger partial charge on any atom is 0.331 e. The van der Waals surface area contributed by atoms with Gasteiger partial charge in [0.1, 0.15) is 5.54 Å². The number of rotatable bonds is 3. The van der Waals surface area contributed by atoms with Crippen LogP contribution in [0.4, 0.5) is 5.69 Å². The molecule has 4 nitrogen and oxygen atoms in total. The number of esters is 1. The Morgan fingerprint density at radius 1 is 1.35 bits per heavy atom. The summed E-state index contributed by atoms with van der Waals surface area (Å²) in [5.41, 5.74) is -0.284. The molecule has 1 saturated heterocycles. The summed E-state index contributed by atoms with van der Waals surface area (Å²) in [7, 11) is 1.41. The van der Waals surface area contributed by atoms with Crippen molar-refractivity contribution in [2.24, 2.45) is 0 Å². The van der Waals surface area contributed by atoms with Crippen LogP contribution in [0.3, 0.4) is 0 Å². The number of anilines is 1. The lowest BCUT2D eigenvalue weighted by molar-refractivity contribution is -0.156. The zero-order valence-electron chi connectivity index (χ0n) is 12.0. The Bertz CT molecular complexity index is 486. The summed E-state index contributed by atoms with van der Waals surface area (Å²) in [6, 6.07) is 7.30. The SMILES string of the molecule is COC(=O)C1(Nc2ccc(Cl)cc2)CCOC(C)(C)C1. The van der Waals surface area contributed by atoms with Crippen LogP contribution in [0.1, 0.15) is 26.7 Å². The van der Waals surface area contributed by atoms with Gasteiger partial charge in [-0.3, -0.25) is 0 Å². The number of ether oxygens (including phenoxy) is 2. The van der Waals surface area contributed by atoms with Crippen molar-refractivity contribution in [1.82, 2.24) is 0 Å². The van der Waals surface area contributed by atoms with Gasteiger partial charge in [0.15, 0.2) is 0 Å². The van der Waals surface area contributed by atoms with Crippen LogP contribution in [0.25, 0.3) is 0 Å². The minimum absolute atomic E-state index is 0.260. The molecule has 0 spiro atoms. The van der Waals surface area contributed by atoms with Gasteiger partial charge in [-0.2, -0.15) is 0 Å². The first-order valence-electron chi connectivity index (χ1n) is 6.63. The second-order valence-corrected chi connectivity index (χ2v) is 6.18. The highest BCUT2D eigenvalue weighted by Gasteiger charge is 2.47. The van der Waals surface area contributed by atoms with E-state index in [0.29, 0.717) is 24.5 Å². The molecular weight excluding hydrogens is 278 g/mol. The molecule has 110 valence electrons. The van der Waals surface area contributed by atoms with Crippen molar-refractivity contribution in [3.05, 3.63) is 29.3 Å². The van der Waals surface area contributed by atoms with Gasteiger partial charge in [0.05, 0.1) is 19.3 Å². The first-order valence-corrected chi connectivity index (χ1v) is 7.01. The van der Waals surface area contributed by atoms with Crippen LogP contribution in [0.5, 0.6) is 0 Å². The maximum atomic E-state index is 12.3. The van der Waals surface area contributed by atoms with E-state index in [-0.39, 0.29) is 11.6 Å². The standard InChI is InChI=1S/C15H20ClNO3/c1-14(2)10-15(8-9-20-14,13(18)19-3)17-12-6-4-11(16)5-7-12/h4-7,17H,8-10H2,1-3H3. The Balaban J connectivity index is 2.28. The first kappa shape index (κ1) is 15.1. The predicted octanol–water partition coefficient (Wildman–Crippen LogP) is 3.25. The van der Waals surface area contributed by atoms with Gasteiger partial charge in [-0.05, 0) is 38.1 Å². The van der Waals surface area contributed by atoms with E-state index in [2.05, 4.69) is 5.32 Å². The van der Waals surface area contributed by atoms with Crippen LogP contribution >= 0.6 is 11.6 Å². The Labute approximate surface area is 124 Å². The van der Waals surface area contributed by atoms with E-state index in [4.69, 9.17) is 21.1 Å². The highest BCUT2D eigenvalue weighted by molar-refractivity contribution is 6.30. The van der Waals surface area contributed by atoms with Crippen LogP contribution < -0.4 is 5.32 Å².